The molecule has 1 fully saturated rings. The summed E-state index contributed by atoms with van der Waals surface area (Å²) in [7, 11) is 1.69. The van der Waals surface area contributed by atoms with Crippen LogP contribution in [0.25, 0.3) is 0 Å². The van der Waals surface area contributed by atoms with E-state index in [0.29, 0.717) is 43.0 Å². The number of rotatable bonds is 6. The van der Waals surface area contributed by atoms with Crippen molar-refractivity contribution in [2.75, 3.05) is 46.4 Å². The number of benzene rings is 2. The van der Waals surface area contributed by atoms with Crippen LogP contribution >= 0.6 is 0 Å². The minimum absolute atomic E-state index is 0.0300. The fourth-order valence-electron chi connectivity index (χ4n) is 5.20. The molecule has 38 heavy (non-hydrogen) atoms. The number of ether oxygens (including phenoxy) is 1. The molecule has 2 heterocycles. The first-order valence-electron chi connectivity index (χ1n) is 13.3. The number of urea groups is 1. The monoisotopic (exact) mass is 518 g/mol. The third kappa shape index (κ3) is 5.91. The lowest BCUT2D eigenvalue weighted by Gasteiger charge is -2.37. The van der Waals surface area contributed by atoms with Crippen LogP contribution in [0.2, 0.25) is 0 Å². The molecule has 2 aromatic rings. The molecule has 0 aliphatic carbocycles. The van der Waals surface area contributed by atoms with E-state index in [1.807, 2.05) is 62.1 Å². The number of nitrogens with one attached hydrogen (secondary N) is 1. The van der Waals surface area contributed by atoms with Gasteiger partial charge in [0.25, 0.3) is 5.91 Å². The predicted molar refractivity (Wildman–Crippen MR) is 147 cm³/mol. The molecular formula is C30H38N4O4. The second-order valence-electron chi connectivity index (χ2n) is 10.2. The van der Waals surface area contributed by atoms with E-state index in [0.717, 1.165) is 35.2 Å². The summed E-state index contributed by atoms with van der Waals surface area (Å²) in [5.41, 5.74) is 5.89. The fourth-order valence-corrected chi connectivity index (χ4v) is 5.20. The lowest BCUT2D eigenvalue weighted by molar-refractivity contribution is -0.139. The minimum Gasteiger partial charge on any atom is -0.463 e. The van der Waals surface area contributed by atoms with E-state index in [1.165, 1.54) is 4.90 Å². The van der Waals surface area contributed by atoms with Crippen LogP contribution in [0.4, 0.5) is 4.79 Å². The molecule has 2 aliphatic rings. The van der Waals surface area contributed by atoms with E-state index < -0.39 is 12.0 Å². The summed E-state index contributed by atoms with van der Waals surface area (Å²) in [6.45, 7) is 11.1. The third-order valence-corrected chi connectivity index (χ3v) is 7.36. The zero-order valence-electron chi connectivity index (χ0n) is 23.0. The molecule has 1 atom stereocenters. The molecule has 2 aliphatic heterocycles. The third-order valence-electron chi connectivity index (χ3n) is 7.36. The van der Waals surface area contributed by atoms with Gasteiger partial charge in [0.1, 0.15) is 0 Å². The second-order valence-corrected chi connectivity index (χ2v) is 10.2. The number of carbonyl (C=O) groups excluding carboxylic acids is 3. The molecule has 2 aromatic carbocycles. The molecule has 3 amide bonds. The highest BCUT2D eigenvalue weighted by molar-refractivity contribution is 5.95. The summed E-state index contributed by atoms with van der Waals surface area (Å²) >= 11 is 0. The molecule has 1 saturated heterocycles. The number of likely N-dealkylation sites (N-methyl/N-ethyl adjacent to an activating group) is 1. The smallest absolute Gasteiger partial charge is 0.338 e. The average Bonchev–Trinajstić information content (AvgIpc) is 3.12. The topological polar surface area (TPSA) is 82.2 Å². The predicted octanol–water partition coefficient (Wildman–Crippen LogP) is 3.97. The zero-order chi connectivity index (χ0) is 27.4. The van der Waals surface area contributed by atoms with Crippen molar-refractivity contribution in [1.29, 1.82) is 0 Å². The Morgan fingerprint density at radius 2 is 1.68 bits per heavy atom. The largest absolute Gasteiger partial charge is 0.463 e. The Morgan fingerprint density at radius 1 is 0.974 bits per heavy atom. The molecule has 1 N–H and O–H groups in total. The molecule has 8 heteroatoms. The van der Waals surface area contributed by atoms with E-state index in [-0.39, 0.29) is 18.5 Å². The van der Waals surface area contributed by atoms with Gasteiger partial charge in [-0.3, -0.25) is 14.6 Å². The first kappa shape index (κ1) is 27.4. The van der Waals surface area contributed by atoms with E-state index in [9.17, 15) is 14.4 Å². The van der Waals surface area contributed by atoms with Crippen LogP contribution in [0.5, 0.6) is 0 Å². The minimum atomic E-state index is -0.597. The van der Waals surface area contributed by atoms with Crippen LogP contribution in [-0.2, 0) is 9.53 Å². The highest BCUT2D eigenvalue weighted by Crippen LogP contribution is 2.33. The highest BCUT2D eigenvalue weighted by Gasteiger charge is 2.38. The standard InChI is InChI=1S/C30H38N4O4/c1-6-38-29(36)26-25(32(5)30(37)31-27(26)24-13-10-21(3)18-22(24)4)19-33-14-7-15-34(17-16-33)28(35)23-11-8-20(2)9-12-23/h8-13,18,27H,6-7,14-17,19H2,1-5H3,(H,31,37)/t27-/m1/s1. The van der Waals surface area contributed by atoms with Gasteiger partial charge in [-0.25, -0.2) is 9.59 Å². The van der Waals surface area contributed by atoms with Crippen molar-refractivity contribution in [2.45, 2.75) is 40.2 Å². The van der Waals surface area contributed by atoms with Crippen molar-refractivity contribution >= 4 is 17.9 Å². The van der Waals surface area contributed by atoms with Gasteiger partial charge in [0.15, 0.2) is 0 Å². The van der Waals surface area contributed by atoms with E-state index in [4.69, 9.17) is 4.74 Å². The van der Waals surface area contributed by atoms with Crippen molar-refractivity contribution < 1.29 is 19.1 Å². The fraction of sp³-hybridized carbons (Fsp3) is 0.433. The number of hydrogen-bond donors (Lipinski definition) is 1. The lowest BCUT2D eigenvalue weighted by Crippen LogP contribution is -2.49. The Hall–Kier alpha value is -3.65. The maximum Gasteiger partial charge on any atom is 0.338 e. The summed E-state index contributed by atoms with van der Waals surface area (Å²) in [5, 5.41) is 3.01. The molecule has 0 bridgehead atoms. The summed E-state index contributed by atoms with van der Waals surface area (Å²) in [6.07, 6.45) is 0.802. The highest BCUT2D eigenvalue weighted by atomic mass is 16.5. The van der Waals surface area contributed by atoms with Crippen molar-refractivity contribution in [3.8, 4) is 0 Å². The number of carbonyl (C=O) groups is 3. The average molecular weight is 519 g/mol. The van der Waals surface area contributed by atoms with Gasteiger partial charge in [0, 0.05) is 51.0 Å². The molecule has 0 saturated carbocycles. The van der Waals surface area contributed by atoms with Crippen LogP contribution in [-0.4, -0.2) is 79.0 Å². The van der Waals surface area contributed by atoms with Gasteiger partial charge in [0.2, 0.25) is 0 Å². The summed E-state index contributed by atoms with van der Waals surface area (Å²) in [4.78, 5) is 45.1. The Balaban J connectivity index is 1.61. The molecule has 8 nitrogen and oxygen atoms in total. The Labute approximate surface area is 225 Å². The Morgan fingerprint density at radius 3 is 2.37 bits per heavy atom. The van der Waals surface area contributed by atoms with Crippen molar-refractivity contribution in [3.05, 3.63) is 81.6 Å². The molecule has 0 aromatic heterocycles. The van der Waals surface area contributed by atoms with Crippen LogP contribution in [0.3, 0.4) is 0 Å². The van der Waals surface area contributed by atoms with Gasteiger partial charge in [-0.2, -0.15) is 0 Å². The van der Waals surface area contributed by atoms with E-state index in [1.54, 1.807) is 14.0 Å². The van der Waals surface area contributed by atoms with Gasteiger partial charge in [-0.15, -0.1) is 0 Å². The number of hydrogen-bond acceptors (Lipinski definition) is 5. The maximum absolute atomic E-state index is 13.3. The first-order chi connectivity index (χ1) is 18.2. The van der Waals surface area contributed by atoms with Crippen LogP contribution in [0.15, 0.2) is 53.7 Å². The number of nitrogens with zero attached hydrogens (tertiary/aromatic N) is 3. The van der Waals surface area contributed by atoms with Crippen molar-refractivity contribution in [3.63, 3.8) is 0 Å². The van der Waals surface area contributed by atoms with E-state index >= 15 is 0 Å². The molecular weight excluding hydrogens is 480 g/mol. The van der Waals surface area contributed by atoms with Gasteiger partial charge in [-0.05, 0) is 57.4 Å². The maximum atomic E-state index is 13.3. The molecule has 0 spiro atoms. The SMILES string of the molecule is CCOC(=O)C1=C(CN2CCCN(C(=O)c3ccc(C)cc3)CC2)N(C)C(=O)N[C@@H]1c1ccc(C)cc1C. The van der Waals surface area contributed by atoms with Crippen LogP contribution < -0.4 is 5.32 Å². The Kier molecular flexibility index (Phi) is 8.52. The number of esters is 1. The van der Waals surface area contributed by atoms with Gasteiger partial charge < -0.3 is 15.0 Å². The first-order valence-corrected chi connectivity index (χ1v) is 13.3. The zero-order valence-corrected chi connectivity index (χ0v) is 23.0. The van der Waals surface area contributed by atoms with Crippen molar-refractivity contribution in [1.82, 2.24) is 20.0 Å². The van der Waals surface area contributed by atoms with Crippen LogP contribution in [0.1, 0.15) is 52.0 Å². The quantitative estimate of drug-likeness (QED) is 0.585. The summed E-state index contributed by atoms with van der Waals surface area (Å²) in [5.74, 6) is -0.396. The molecule has 202 valence electrons. The number of aryl methyl sites for hydroxylation is 3. The van der Waals surface area contributed by atoms with Gasteiger partial charge >= 0.3 is 12.0 Å². The normalized spacial score (nSPS) is 18.8. The molecule has 0 unspecified atom stereocenters. The second kappa shape index (κ2) is 11.8. The molecule has 4 rings (SSSR count). The summed E-state index contributed by atoms with van der Waals surface area (Å²) in [6, 6.07) is 12.8. The Bertz CT molecular complexity index is 1240. The van der Waals surface area contributed by atoms with Gasteiger partial charge in [-0.1, -0.05) is 41.5 Å². The van der Waals surface area contributed by atoms with Crippen LogP contribution in [0, 0.1) is 20.8 Å². The molecule has 0 radical (unpaired) electrons. The number of amides is 3. The lowest BCUT2D eigenvalue weighted by atomic mass is 9.90. The summed E-state index contributed by atoms with van der Waals surface area (Å²) < 4.78 is 5.48. The van der Waals surface area contributed by atoms with Crippen molar-refractivity contribution in [2.24, 2.45) is 0 Å². The van der Waals surface area contributed by atoms with Gasteiger partial charge in [0.05, 0.1) is 18.2 Å². The van der Waals surface area contributed by atoms with E-state index in [2.05, 4.69) is 16.3 Å².